The van der Waals surface area contributed by atoms with Crippen LogP contribution in [-0.2, 0) is 8.85 Å². The molecule has 12 heavy (non-hydrogen) atoms. The van der Waals surface area contributed by atoms with Crippen molar-refractivity contribution in [2.75, 3.05) is 13.2 Å². The van der Waals surface area contributed by atoms with Gasteiger partial charge >= 0.3 is 8.56 Å². The standard InChI is InChI=1S/C8H20O2SSi/c1-5-8(11)12(4,9-6-2)10-7-3/h8,11H,5-7H2,1-4H3. The van der Waals surface area contributed by atoms with Gasteiger partial charge in [0.1, 0.15) is 0 Å². The Kier molecular flexibility index (Phi) is 6.26. The van der Waals surface area contributed by atoms with Gasteiger partial charge in [-0.25, -0.2) is 0 Å². The van der Waals surface area contributed by atoms with Crippen LogP contribution in [0, 0.1) is 0 Å². The van der Waals surface area contributed by atoms with E-state index >= 15 is 0 Å². The number of thiol groups is 1. The van der Waals surface area contributed by atoms with Crippen LogP contribution in [0.15, 0.2) is 0 Å². The predicted octanol–water partition coefficient (Wildman–Crippen LogP) is 2.38. The summed E-state index contributed by atoms with van der Waals surface area (Å²) in [5, 5.41) is 0. The molecule has 0 heterocycles. The Bertz CT molecular complexity index is 116. The highest BCUT2D eigenvalue weighted by atomic mass is 32.1. The van der Waals surface area contributed by atoms with Crippen LogP contribution in [0.2, 0.25) is 6.55 Å². The highest BCUT2D eigenvalue weighted by Gasteiger charge is 2.37. The lowest BCUT2D eigenvalue weighted by Crippen LogP contribution is -2.48. The summed E-state index contributed by atoms with van der Waals surface area (Å²) in [6.45, 7) is 9.64. The van der Waals surface area contributed by atoms with Gasteiger partial charge in [-0.1, -0.05) is 6.92 Å². The zero-order valence-electron chi connectivity index (χ0n) is 8.46. The maximum atomic E-state index is 5.66. The van der Waals surface area contributed by atoms with Crippen LogP contribution in [0.3, 0.4) is 0 Å². The first-order chi connectivity index (χ1) is 5.60. The summed E-state index contributed by atoms with van der Waals surface area (Å²) in [6, 6.07) is 0. The van der Waals surface area contributed by atoms with Crippen LogP contribution >= 0.6 is 12.6 Å². The molecule has 0 fully saturated rings. The third kappa shape index (κ3) is 3.47. The molecule has 74 valence electrons. The molecule has 0 aliphatic carbocycles. The lowest BCUT2D eigenvalue weighted by molar-refractivity contribution is 0.187. The molecule has 1 unspecified atom stereocenters. The van der Waals surface area contributed by atoms with Gasteiger partial charge in [0.2, 0.25) is 0 Å². The maximum absolute atomic E-state index is 5.66. The molecule has 0 aromatic heterocycles. The minimum atomic E-state index is -1.99. The van der Waals surface area contributed by atoms with Gasteiger partial charge in [-0.05, 0) is 26.8 Å². The van der Waals surface area contributed by atoms with E-state index in [4.69, 9.17) is 8.85 Å². The molecule has 0 spiro atoms. The van der Waals surface area contributed by atoms with Crippen LogP contribution in [0.4, 0.5) is 0 Å². The monoisotopic (exact) mass is 208 g/mol. The van der Waals surface area contributed by atoms with Gasteiger partial charge < -0.3 is 8.85 Å². The quantitative estimate of drug-likeness (QED) is 0.534. The summed E-state index contributed by atoms with van der Waals surface area (Å²) in [5.41, 5.74) is 0. The molecule has 0 amide bonds. The Labute approximate surface area is 82.3 Å². The van der Waals surface area contributed by atoms with Gasteiger partial charge in [0.25, 0.3) is 0 Å². The van der Waals surface area contributed by atoms with Crippen molar-refractivity contribution in [2.45, 2.75) is 38.6 Å². The Morgan fingerprint density at radius 3 is 1.83 bits per heavy atom. The molecule has 0 radical (unpaired) electrons. The highest BCUT2D eigenvalue weighted by Crippen LogP contribution is 2.19. The molecule has 0 aromatic carbocycles. The first-order valence-corrected chi connectivity index (χ1v) is 7.47. The minimum Gasteiger partial charge on any atom is -0.394 e. The van der Waals surface area contributed by atoms with Crippen molar-refractivity contribution < 1.29 is 8.85 Å². The molecule has 2 nitrogen and oxygen atoms in total. The van der Waals surface area contributed by atoms with Crippen molar-refractivity contribution >= 4 is 21.2 Å². The summed E-state index contributed by atoms with van der Waals surface area (Å²) < 4.78 is 11.3. The van der Waals surface area contributed by atoms with E-state index in [9.17, 15) is 0 Å². The molecule has 0 N–H and O–H groups in total. The first-order valence-electron chi connectivity index (χ1n) is 4.56. The predicted molar refractivity (Wildman–Crippen MR) is 57.9 cm³/mol. The second kappa shape index (κ2) is 6.02. The molecular formula is C8H20O2SSi. The molecule has 1 atom stereocenters. The van der Waals surface area contributed by atoms with Crippen LogP contribution < -0.4 is 0 Å². The van der Waals surface area contributed by atoms with Crippen molar-refractivity contribution in [3.63, 3.8) is 0 Å². The van der Waals surface area contributed by atoms with Crippen LogP contribution in [0.25, 0.3) is 0 Å². The summed E-state index contributed by atoms with van der Waals surface area (Å²) in [7, 11) is -1.99. The fourth-order valence-corrected chi connectivity index (χ4v) is 3.98. The molecule has 4 heteroatoms. The van der Waals surface area contributed by atoms with Crippen molar-refractivity contribution in [3.05, 3.63) is 0 Å². The minimum absolute atomic E-state index is 0.275. The second-order valence-corrected chi connectivity index (χ2v) is 7.22. The van der Waals surface area contributed by atoms with Gasteiger partial charge in [-0.3, -0.25) is 0 Å². The molecule has 0 aliphatic rings. The second-order valence-electron chi connectivity index (χ2n) is 2.81. The molecule has 0 bridgehead atoms. The molecule has 0 saturated carbocycles. The summed E-state index contributed by atoms with van der Waals surface area (Å²) in [4.78, 5) is 0.275. The average molecular weight is 208 g/mol. The summed E-state index contributed by atoms with van der Waals surface area (Å²) in [5.74, 6) is 0. The van der Waals surface area contributed by atoms with E-state index in [-0.39, 0.29) is 4.87 Å². The van der Waals surface area contributed by atoms with Gasteiger partial charge in [0, 0.05) is 18.1 Å². The Morgan fingerprint density at radius 1 is 1.17 bits per heavy atom. The van der Waals surface area contributed by atoms with Crippen molar-refractivity contribution in [3.8, 4) is 0 Å². The lowest BCUT2D eigenvalue weighted by Gasteiger charge is -2.30. The first kappa shape index (κ1) is 12.5. The van der Waals surface area contributed by atoms with E-state index in [1.54, 1.807) is 0 Å². The largest absolute Gasteiger partial charge is 0.394 e. The van der Waals surface area contributed by atoms with Crippen LogP contribution in [-0.4, -0.2) is 26.6 Å². The smallest absolute Gasteiger partial charge is 0.348 e. The lowest BCUT2D eigenvalue weighted by atomic mass is 10.6. The molecule has 0 aliphatic heterocycles. The third-order valence-corrected chi connectivity index (χ3v) is 6.97. The Balaban J connectivity index is 4.15. The van der Waals surface area contributed by atoms with Gasteiger partial charge in [0.05, 0.1) is 0 Å². The van der Waals surface area contributed by atoms with Crippen molar-refractivity contribution in [1.29, 1.82) is 0 Å². The average Bonchev–Trinajstić information content (AvgIpc) is 2.04. The van der Waals surface area contributed by atoms with Crippen LogP contribution in [0.1, 0.15) is 27.2 Å². The normalized spacial score (nSPS) is 14.8. The summed E-state index contributed by atoms with van der Waals surface area (Å²) >= 11 is 4.49. The zero-order valence-corrected chi connectivity index (χ0v) is 10.4. The van der Waals surface area contributed by atoms with Gasteiger partial charge in [0.15, 0.2) is 0 Å². The number of hydrogen-bond acceptors (Lipinski definition) is 3. The molecular weight excluding hydrogens is 188 g/mol. The number of hydrogen-bond donors (Lipinski definition) is 1. The number of rotatable bonds is 6. The van der Waals surface area contributed by atoms with Gasteiger partial charge in [-0.15, -0.1) is 0 Å². The molecule has 0 aromatic rings. The topological polar surface area (TPSA) is 18.5 Å². The van der Waals surface area contributed by atoms with E-state index in [2.05, 4.69) is 26.1 Å². The van der Waals surface area contributed by atoms with E-state index in [0.717, 1.165) is 19.6 Å². The van der Waals surface area contributed by atoms with Crippen LogP contribution in [0.5, 0.6) is 0 Å². The van der Waals surface area contributed by atoms with Crippen molar-refractivity contribution in [1.82, 2.24) is 0 Å². The fraction of sp³-hybridized carbons (Fsp3) is 1.00. The highest BCUT2D eigenvalue weighted by molar-refractivity contribution is 7.83. The van der Waals surface area contributed by atoms with Gasteiger partial charge in [-0.2, -0.15) is 12.6 Å². The van der Waals surface area contributed by atoms with E-state index in [1.807, 2.05) is 13.8 Å². The molecule has 0 saturated heterocycles. The van der Waals surface area contributed by atoms with E-state index in [1.165, 1.54) is 0 Å². The SMILES string of the molecule is CCO[Si](C)(OCC)C(S)CC. The zero-order chi connectivity index (χ0) is 9.61. The third-order valence-electron chi connectivity index (χ3n) is 1.85. The summed E-state index contributed by atoms with van der Waals surface area (Å²) in [6.07, 6.45) is 1.01. The Hall–Kier alpha value is 0.487. The van der Waals surface area contributed by atoms with E-state index in [0.29, 0.717) is 0 Å². The van der Waals surface area contributed by atoms with Crippen molar-refractivity contribution in [2.24, 2.45) is 0 Å². The molecule has 0 rings (SSSR count). The van der Waals surface area contributed by atoms with E-state index < -0.39 is 8.56 Å². The Morgan fingerprint density at radius 2 is 1.58 bits per heavy atom. The maximum Gasteiger partial charge on any atom is 0.348 e. The fourth-order valence-electron chi connectivity index (χ4n) is 1.18.